The minimum atomic E-state index is -0.379. The number of nitrogens with one attached hydrogen (secondary N) is 1. The number of ether oxygens (including phenoxy) is 1. The van der Waals surface area contributed by atoms with Crippen LogP contribution in [0, 0.1) is 0 Å². The summed E-state index contributed by atoms with van der Waals surface area (Å²) in [7, 11) is 0. The van der Waals surface area contributed by atoms with Gasteiger partial charge in [-0.15, -0.1) is 0 Å². The summed E-state index contributed by atoms with van der Waals surface area (Å²) in [6.07, 6.45) is 8.81. The highest BCUT2D eigenvalue weighted by atomic mass is 16.5. The van der Waals surface area contributed by atoms with Crippen molar-refractivity contribution in [3.63, 3.8) is 0 Å². The number of amides is 1. The lowest BCUT2D eigenvalue weighted by atomic mass is 9.97. The highest BCUT2D eigenvalue weighted by Gasteiger charge is 2.26. The van der Waals surface area contributed by atoms with Gasteiger partial charge in [0.25, 0.3) is 0 Å². The summed E-state index contributed by atoms with van der Waals surface area (Å²) >= 11 is 0. The van der Waals surface area contributed by atoms with Gasteiger partial charge in [0.1, 0.15) is 6.10 Å². The Morgan fingerprint density at radius 1 is 1.23 bits per heavy atom. The van der Waals surface area contributed by atoms with Crippen LogP contribution in [0.1, 0.15) is 58.3 Å². The lowest BCUT2D eigenvalue weighted by molar-refractivity contribution is -0.139. The molecule has 1 aliphatic carbocycles. The van der Waals surface area contributed by atoms with Crippen molar-refractivity contribution in [1.29, 1.82) is 0 Å². The average Bonchev–Trinajstić information content (AvgIpc) is 3.05. The molecule has 2 fully saturated rings. The van der Waals surface area contributed by atoms with Crippen LogP contribution in [0.15, 0.2) is 0 Å². The molecule has 0 spiro atoms. The molecule has 0 bridgehead atoms. The van der Waals surface area contributed by atoms with Gasteiger partial charge in [0.05, 0.1) is 18.8 Å². The number of rotatable bonds is 8. The maximum atomic E-state index is 12.4. The van der Waals surface area contributed by atoms with Crippen LogP contribution in [0.25, 0.3) is 0 Å². The molecule has 1 saturated carbocycles. The summed E-state index contributed by atoms with van der Waals surface area (Å²) in [5.74, 6) is -0.0636. The number of carbonyl (C=O) groups is 1. The molecule has 2 rings (SSSR count). The number of hydrogen-bond acceptors (Lipinski definition) is 4. The molecular formula is C17H32N2O3. The summed E-state index contributed by atoms with van der Waals surface area (Å²) < 4.78 is 6.01. The van der Waals surface area contributed by atoms with Crippen LogP contribution in [-0.2, 0) is 9.53 Å². The summed E-state index contributed by atoms with van der Waals surface area (Å²) in [4.78, 5) is 14.7. The molecule has 2 N–H and O–H groups in total. The van der Waals surface area contributed by atoms with E-state index in [2.05, 4.69) is 10.2 Å². The van der Waals surface area contributed by atoms with E-state index in [4.69, 9.17) is 4.74 Å². The SMILES string of the molecule is CC[C@@H](OC1CCCCC1)C(=O)N[C@H](CO)CN1CCCC1. The first-order valence-electron chi connectivity index (χ1n) is 9.02. The molecule has 5 nitrogen and oxygen atoms in total. The second-order valence-corrected chi connectivity index (χ2v) is 6.69. The Bertz CT molecular complexity index is 326. The largest absolute Gasteiger partial charge is 0.394 e. The number of aliphatic hydroxyl groups excluding tert-OH is 1. The third kappa shape index (κ3) is 5.52. The van der Waals surface area contributed by atoms with E-state index < -0.39 is 0 Å². The molecule has 0 aromatic carbocycles. The number of hydrogen-bond donors (Lipinski definition) is 2. The lowest BCUT2D eigenvalue weighted by Gasteiger charge is -2.28. The first kappa shape index (κ1) is 17.7. The van der Waals surface area contributed by atoms with Crippen molar-refractivity contribution >= 4 is 5.91 Å². The molecule has 1 aliphatic heterocycles. The summed E-state index contributed by atoms with van der Waals surface area (Å²) in [5, 5.41) is 12.5. The predicted octanol–water partition coefficient (Wildman–Crippen LogP) is 1.69. The van der Waals surface area contributed by atoms with Gasteiger partial charge in [-0.2, -0.15) is 0 Å². The van der Waals surface area contributed by atoms with Crippen LogP contribution in [0.5, 0.6) is 0 Å². The van der Waals surface area contributed by atoms with Crippen LogP contribution in [0.4, 0.5) is 0 Å². The molecule has 2 atom stereocenters. The van der Waals surface area contributed by atoms with Crippen LogP contribution in [0.2, 0.25) is 0 Å². The van der Waals surface area contributed by atoms with Crippen LogP contribution in [-0.4, -0.2) is 60.4 Å². The third-order valence-electron chi connectivity index (χ3n) is 4.82. The van der Waals surface area contributed by atoms with Crippen molar-refractivity contribution < 1.29 is 14.6 Å². The molecule has 0 aromatic heterocycles. The Hall–Kier alpha value is -0.650. The molecule has 1 heterocycles. The van der Waals surface area contributed by atoms with Crippen LogP contribution in [0.3, 0.4) is 0 Å². The second kappa shape index (κ2) is 9.48. The maximum Gasteiger partial charge on any atom is 0.249 e. The van der Waals surface area contributed by atoms with Gasteiger partial charge in [0.15, 0.2) is 0 Å². The van der Waals surface area contributed by atoms with Gasteiger partial charge in [-0.25, -0.2) is 0 Å². The molecule has 1 amide bonds. The highest BCUT2D eigenvalue weighted by Crippen LogP contribution is 2.22. The molecule has 2 aliphatic rings. The van der Waals surface area contributed by atoms with Crippen molar-refractivity contribution in [3.05, 3.63) is 0 Å². The normalized spacial score (nSPS) is 23.4. The van der Waals surface area contributed by atoms with E-state index in [0.717, 1.165) is 32.5 Å². The number of nitrogens with zero attached hydrogens (tertiary/aromatic N) is 1. The Morgan fingerprint density at radius 2 is 1.91 bits per heavy atom. The molecule has 5 heteroatoms. The van der Waals surface area contributed by atoms with Gasteiger partial charge >= 0.3 is 0 Å². The Labute approximate surface area is 134 Å². The smallest absolute Gasteiger partial charge is 0.249 e. The number of carbonyl (C=O) groups excluding carboxylic acids is 1. The lowest BCUT2D eigenvalue weighted by Crippen LogP contribution is -2.49. The molecule has 22 heavy (non-hydrogen) atoms. The van der Waals surface area contributed by atoms with Gasteiger partial charge < -0.3 is 20.1 Å². The van der Waals surface area contributed by atoms with E-state index in [1.165, 1.54) is 32.1 Å². The second-order valence-electron chi connectivity index (χ2n) is 6.69. The number of likely N-dealkylation sites (tertiary alicyclic amines) is 1. The van der Waals surface area contributed by atoms with Gasteiger partial charge in [-0.1, -0.05) is 26.2 Å². The van der Waals surface area contributed by atoms with E-state index >= 15 is 0 Å². The van der Waals surface area contributed by atoms with E-state index in [0.29, 0.717) is 6.42 Å². The molecule has 0 unspecified atom stereocenters. The van der Waals surface area contributed by atoms with Gasteiger partial charge in [-0.05, 0) is 45.2 Å². The molecule has 0 aromatic rings. The molecular weight excluding hydrogens is 280 g/mol. The van der Waals surface area contributed by atoms with Crippen molar-refractivity contribution in [2.45, 2.75) is 76.5 Å². The Kier molecular flexibility index (Phi) is 7.63. The Morgan fingerprint density at radius 3 is 2.50 bits per heavy atom. The average molecular weight is 312 g/mol. The fraction of sp³-hybridized carbons (Fsp3) is 0.941. The number of aliphatic hydroxyl groups is 1. The summed E-state index contributed by atoms with van der Waals surface area (Å²) in [5.41, 5.74) is 0. The minimum absolute atomic E-state index is 0.0118. The van der Waals surface area contributed by atoms with Crippen molar-refractivity contribution in [2.24, 2.45) is 0 Å². The zero-order valence-corrected chi connectivity index (χ0v) is 13.9. The third-order valence-corrected chi connectivity index (χ3v) is 4.82. The van der Waals surface area contributed by atoms with E-state index in [9.17, 15) is 9.90 Å². The van der Waals surface area contributed by atoms with Crippen molar-refractivity contribution in [2.75, 3.05) is 26.2 Å². The van der Waals surface area contributed by atoms with E-state index in [-0.39, 0.29) is 30.8 Å². The Balaban J connectivity index is 1.78. The monoisotopic (exact) mass is 312 g/mol. The van der Waals surface area contributed by atoms with E-state index in [1.54, 1.807) is 0 Å². The standard InChI is InChI=1S/C17H32N2O3/c1-2-16(22-15-8-4-3-5-9-15)17(21)18-14(13-20)12-19-10-6-7-11-19/h14-16,20H,2-13H2,1H3,(H,18,21)/t14-,16+/m0/s1. The summed E-state index contributed by atoms with van der Waals surface area (Å²) in [6, 6.07) is -0.186. The van der Waals surface area contributed by atoms with Crippen LogP contribution < -0.4 is 5.32 Å². The topological polar surface area (TPSA) is 61.8 Å². The zero-order valence-electron chi connectivity index (χ0n) is 13.9. The molecule has 128 valence electrons. The van der Waals surface area contributed by atoms with Crippen molar-refractivity contribution in [3.8, 4) is 0 Å². The molecule has 0 radical (unpaired) electrons. The fourth-order valence-corrected chi connectivity index (χ4v) is 3.50. The van der Waals surface area contributed by atoms with E-state index in [1.807, 2.05) is 6.92 Å². The van der Waals surface area contributed by atoms with Gasteiger partial charge in [0, 0.05) is 6.54 Å². The first-order valence-corrected chi connectivity index (χ1v) is 9.02. The van der Waals surface area contributed by atoms with Crippen LogP contribution >= 0.6 is 0 Å². The van der Waals surface area contributed by atoms with Gasteiger partial charge in [0.2, 0.25) is 5.91 Å². The zero-order chi connectivity index (χ0) is 15.8. The minimum Gasteiger partial charge on any atom is -0.394 e. The molecule has 1 saturated heterocycles. The van der Waals surface area contributed by atoms with Gasteiger partial charge in [-0.3, -0.25) is 4.79 Å². The predicted molar refractivity (Wildman–Crippen MR) is 86.7 cm³/mol. The summed E-state index contributed by atoms with van der Waals surface area (Å²) in [6.45, 7) is 4.86. The maximum absolute atomic E-state index is 12.4. The fourth-order valence-electron chi connectivity index (χ4n) is 3.50. The highest BCUT2D eigenvalue weighted by molar-refractivity contribution is 5.81. The van der Waals surface area contributed by atoms with Crippen molar-refractivity contribution in [1.82, 2.24) is 10.2 Å². The first-order chi connectivity index (χ1) is 10.7. The quantitative estimate of drug-likeness (QED) is 0.716.